The van der Waals surface area contributed by atoms with Gasteiger partial charge in [0.1, 0.15) is 0 Å². The van der Waals surface area contributed by atoms with Crippen LogP contribution in [0.2, 0.25) is 0 Å². The summed E-state index contributed by atoms with van der Waals surface area (Å²) in [6.07, 6.45) is 1.79. The van der Waals surface area contributed by atoms with Gasteiger partial charge >= 0.3 is 11.7 Å². The van der Waals surface area contributed by atoms with Gasteiger partial charge in [-0.15, -0.1) is 0 Å². The smallest absolute Gasteiger partial charge is 0.329 e. The van der Waals surface area contributed by atoms with Crippen LogP contribution in [0.5, 0.6) is 0 Å². The molecular formula is C13H18N4O4S. The van der Waals surface area contributed by atoms with Crippen LogP contribution >= 0.6 is 11.8 Å². The SMILES string of the molecule is CCCCOC(=O)CSc1nc2c(c(=O)[nH]c(=O)n2C)n1C. The number of hydrogen-bond donors (Lipinski definition) is 1. The number of nitrogens with one attached hydrogen (secondary N) is 1. The Bertz CT molecular complexity index is 805. The molecule has 2 aromatic rings. The number of aromatic nitrogens is 4. The molecule has 0 aliphatic heterocycles. The predicted octanol–water partition coefficient (Wildman–Crippen LogP) is 0.396. The number of esters is 1. The average molecular weight is 326 g/mol. The molecule has 0 aliphatic rings. The zero-order valence-electron chi connectivity index (χ0n) is 12.7. The first-order valence-electron chi connectivity index (χ1n) is 6.89. The van der Waals surface area contributed by atoms with Crippen molar-refractivity contribution < 1.29 is 9.53 Å². The van der Waals surface area contributed by atoms with Gasteiger partial charge in [0, 0.05) is 14.1 Å². The quantitative estimate of drug-likeness (QED) is 0.468. The minimum atomic E-state index is -0.522. The van der Waals surface area contributed by atoms with E-state index in [1.54, 1.807) is 11.6 Å². The third-order valence-corrected chi connectivity index (χ3v) is 4.18. The molecule has 22 heavy (non-hydrogen) atoms. The topological polar surface area (TPSA) is 99.0 Å². The van der Waals surface area contributed by atoms with Crippen molar-refractivity contribution in [3.8, 4) is 0 Å². The summed E-state index contributed by atoms with van der Waals surface area (Å²) in [5, 5.41) is 0.481. The van der Waals surface area contributed by atoms with Crippen LogP contribution in [0.1, 0.15) is 19.8 Å². The lowest BCUT2D eigenvalue weighted by Gasteiger charge is -2.03. The molecule has 0 radical (unpaired) electrons. The summed E-state index contributed by atoms with van der Waals surface area (Å²) in [5.41, 5.74) is -0.432. The second kappa shape index (κ2) is 6.82. The molecule has 2 heterocycles. The van der Waals surface area contributed by atoms with Crippen LogP contribution < -0.4 is 11.2 Å². The highest BCUT2D eigenvalue weighted by molar-refractivity contribution is 7.99. The Morgan fingerprint density at radius 3 is 2.73 bits per heavy atom. The van der Waals surface area contributed by atoms with Gasteiger partial charge in [0.2, 0.25) is 0 Å². The number of thioether (sulfide) groups is 1. The van der Waals surface area contributed by atoms with Gasteiger partial charge in [-0.1, -0.05) is 25.1 Å². The van der Waals surface area contributed by atoms with Crippen LogP contribution in [-0.2, 0) is 23.6 Å². The zero-order chi connectivity index (χ0) is 16.3. The number of carbonyl (C=O) groups excluding carboxylic acids is 1. The molecule has 0 fully saturated rings. The second-order valence-electron chi connectivity index (χ2n) is 4.81. The number of hydrogen-bond acceptors (Lipinski definition) is 6. The van der Waals surface area contributed by atoms with Gasteiger partial charge in [0.15, 0.2) is 16.3 Å². The molecule has 9 heteroatoms. The maximum absolute atomic E-state index is 11.9. The van der Waals surface area contributed by atoms with Gasteiger partial charge in [-0.3, -0.25) is 19.1 Å². The fourth-order valence-corrected chi connectivity index (χ4v) is 2.68. The number of unbranched alkanes of at least 4 members (excludes halogenated alkanes) is 1. The predicted molar refractivity (Wildman–Crippen MR) is 83.2 cm³/mol. The van der Waals surface area contributed by atoms with E-state index in [9.17, 15) is 14.4 Å². The van der Waals surface area contributed by atoms with Gasteiger partial charge in [-0.25, -0.2) is 9.78 Å². The number of aryl methyl sites for hydroxylation is 2. The van der Waals surface area contributed by atoms with Gasteiger partial charge in [0.05, 0.1) is 12.4 Å². The highest BCUT2D eigenvalue weighted by Crippen LogP contribution is 2.19. The molecule has 0 aromatic carbocycles. The molecule has 0 aliphatic carbocycles. The van der Waals surface area contributed by atoms with E-state index < -0.39 is 11.2 Å². The fraction of sp³-hybridized carbons (Fsp3) is 0.538. The Kier molecular flexibility index (Phi) is 5.07. The largest absolute Gasteiger partial charge is 0.465 e. The lowest BCUT2D eigenvalue weighted by atomic mass is 10.4. The summed E-state index contributed by atoms with van der Waals surface area (Å²) in [6.45, 7) is 2.43. The number of carbonyl (C=O) groups is 1. The molecule has 0 spiro atoms. The lowest BCUT2D eigenvalue weighted by molar-refractivity contribution is -0.140. The van der Waals surface area contributed by atoms with E-state index in [2.05, 4.69) is 9.97 Å². The number of fused-ring (bicyclic) bond motifs is 1. The monoisotopic (exact) mass is 326 g/mol. The molecule has 0 atom stereocenters. The maximum atomic E-state index is 11.9. The summed E-state index contributed by atoms with van der Waals surface area (Å²) in [4.78, 5) is 41.5. The van der Waals surface area contributed by atoms with E-state index in [0.29, 0.717) is 17.3 Å². The molecule has 0 saturated carbocycles. The van der Waals surface area contributed by atoms with E-state index in [0.717, 1.165) is 12.8 Å². The highest BCUT2D eigenvalue weighted by Gasteiger charge is 2.16. The Balaban J connectivity index is 2.19. The number of nitrogens with zero attached hydrogens (tertiary/aromatic N) is 3. The first-order chi connectivity index (χ1) is 10.5. The minimum Gasteiger partial charge on any atom is -0.465 e. The molecule has 0 bridgehead atoms. The lowest BCUT2D eigenvalue weighted by Crippen LogP contribution is -2.29. The number of ether oxygens (including phenoxy) is 1. The van der Waals surface area contributed by atoms with E-state index in [4.69, 9.17) is 4.74 Å². The van der Waals surface area contributed by atoms with Crippen LogP contribution in [0.25, 0.3) is 11.2 Å². The van der Waals surface area contributed by atoms with E-state index >= 15 is 0 Å². The van der Waals surface area contributed by atoms with Crippen LogP contribution in [0.4, 0.5) is 0 Å². The fourth-order valence-electron chi connectivity index (χ4n) is 1.91. The van der Waals surface area contributed by atoms with E-state index in [1.165, 1.54) is 23.4 Å². The number of rotatable bonds is 6. The van der Waals surface area contributed by atoms with Crippen molar-refractivity contribution >= 4 is 28.9 Å². The average Bonchev–Trinajstić information content (AvgIpc) is 2.81. The van der Waals surface area contributed by atoms with Gasteiger partial charge in [-0.2, -0.15) is 0 Å². The van der Waals surface area contributed by atoms with Crippen molar-refractivity contribution in [1.82, 2.24) is 19.1 Å². The summed E-state index contributed by atoms with van der Waals surface area (Å²) in [6, 6.07) is 0. The van der Waals surface area contributed by atoms with Gasteiger partial charge < -0.3 is 9.30 Å². The van der Waals surface area contributed by atoms with Crippen LogP contribution in [-0.4, -0.2) is 37.4 Å². The van der Waals surface area contributed by atoms with Crippen molar-refractivity contribution in [3.05, 3.63) is 20.8 Å². The number of imidazole rings is 1. The van der Waals surface area contributed by atoms with Crippen LogP contribution in [0.3, 0.4) is 0 Å². The molecule has 2 rings (SSSR count). The molecule has 1 N–H and O–H groups in total. The first kappa shape index (κ1) is 16.3. The first-order valence-corrected chi connectivity index (χ1v) is 7.88. The van der Waals surface area contributed by atoms with Crippen molar-refractivity contribution in [1.29, 1.82) is 0 Å². The Hall–Kier alpha value is -2.03. The Morgan fingerprint density at radius 1 is 1.32 bits per heavy atom. The zero-order valence-corrected chi connectivity index (χ0v) is 13.5. The molecule has 0 saturated heterocycles. The van der Waals surface area contributed by atoms with E-state index in [1.807, 2.05) is 6.92 Å². The summed E-state index contributed by atoms with van der Waals surface area (Å²) in [5.74, 6) is -0.222. The molecular weight excluding hydrogens is 308 g/mol. The number of aromatic amines is 1. The third-order valence-electron chi connectivity index (χ3n) is 3.17. The van der Waals surface area contributed by atoms with Gasteiger partial charge in [-0.05, 0) is 6.42 Å². The van der Waals surface area contributed by atoms with Crippen molar-refractivity contribution in [3.63, 3.8) is 0 Å². The van der Waals surface area contributed by atoms with Crippen LogP contribution in [0, 0.1) is 0 Å². The van der Waals surface area contributed by atoms with Crippen molar-refractivity contribution in [2.45, 2.75) is 24.9 Å². The minimum absolute atomic E-state index is 0.104. The summed E-state index contributed by atoms with van der Waals surface area (Å²) in [7, 11) is 3.20. The van der Waals surface area contributed by atoms with Crippen molar-refractivity contribution in [2.24, 2.45) is 14.1 Å². The Morgan fingerprint density at radius 2 is 2.05 bits per heavy atom. The van der Waals surface area contributed by atoms with Crippen LogP contribution in [0.15, 0.2) is 14.7 Å². The summed E-state index contributed by atoms with van der Waals surface area (Å²) >= 11 is 1.17. The highest BCUT2D eigenvalue weighted by atomic mass is 32.2. The third kappa shape index (κ3) is 3.24. The molecule has 0 amide bonds. The van der Waals surface area contributed by atoms with Crippen molar-refractivity contribution in [2.75, 3.05) is 12.4 Å². The molecule has 0 unspecified atom stereocenters. The van der Waals surface area contributed by atoms with E-state index in [-0.39, 0.29) is 17.4 Å². The standard InChI is InChI=1S/C13H18N4O4S/c1-4-5-6-21-8(18)7-22-13-14-10-9(16(13)2)11(19)15-12(20)17(10)3/h4-7H2,1-3H3,(H,15,19,20). The second-order valence-corrected chi connectivity index (χ2v) is 5.75. The molecule has 120 valence electrons. The normalized spacial score (nSPS) is 11.0. The Labute approximate surface area is 130 Å². The maximum Gasteiger partial charge on any atom is 0.329 e. The molecule has 2 aromatic heterocycles. The van der Waals surface area contributed by atoms with Gasteiger partial charge in [0.25, 0.3) is 5.56 Å². The molecule has 8 nitrogen and oxygen atoms in total. The number of H-pyrrole nitrogens is 1. The summed E-state index contributed by atoms with van der Waals surface area (Å²) < 4.78 is 7.90.